The number of nitrogens with one attached hydrogen (secondary N) is 1. The van der Waals surface area contributed by atoms with E-state index < -0.39 is 0 Å². The highest BCUT2D eigenvalue weighted by molar-refractivity contribution is 8.14. The van der Waals surface area contributed by atoms with Crippen molar-refractivity contribution < 1.29 is 4.79 Å². The van der Waals surface area contributed by atoms with Crippen molar-refractivity contribution in [2.45, 2.75) is 6.42 Å². The van der Waals surface area contributed by atoms with E-state index in [1.54, 1.807) is 4.90 Å². The van der Waals surface area contributed by atoms with Gasteiger partial charge in [-0.25, -0.2) is 0 Å². The van der Waals surface area contributed by atoms with Gasteiger partial charge in [0.05, 0.1) is 5.75 Å². The molecule has 0 aromatic carbocycles. The van der Waals surface area contributed by atoms with Crippen LogP contribution in [0, 0.1) is 5.41 Å². The van der Waals surface area contributed by atoms with Crippen LogP contribution >= 0.6 is 11.8 Å². The lowest BCUT2D eigenvalue weighted by atomic mass is 10.2. The van der Waals surface area contributed by atoms with Crippen LogP contribution < -0.4 is 5.73 Å². The normalized spacial score (nSPS) is 15.8. The van der Waals surface area contributed by atoms with Gasteiger partial charge < -0.3 is 10.6 Å². The number of hydrogen-bond acceptors (Lipinski definition) is 3. The number of thioether (sulfide) groups is 1. The summed E-state index contributed by atoms with van der Waals surface area (Å²) in [6.45, 7) is 1.74. The lowest BCUT2D eigenvalue weighted by molar-refractivity contribution is -0.131. The Balaban J connectivity index is 2.15. The van der Waals surface area contributed by atoms with Crippen LogP contribution in [0.25, 0.3) is 0 Å². The van der Waals surface area contributed by atoms with E-state index in [1.807, 2.05) is 0 Å². The Bertz CT molecular complexity index is 179. The Morgan fingerprint density at radius 3 is 2.64 bits per heavy atom. The zero-order chi connectivity index (χ0) is 8.27. The molecule has 3 N–H and O–H groups in total. The van der Waals surface area contributed by atoms with Gasteiger partial charge >= 0.3 is 0 Å². The molecule has 0 spiro atoms. The first kappa shape index (κ1) is 8.39. The van der Waals surface area contributed by atoms with Crippen LogP contribution in [0.2, 0.25) is 0 Å². The molecule has 1 saturated heterocycles. The quantitative estimate of drug-likeness (QED) is 0.450. The third kappa shape index (κ3) is 2.42. The second-order valence-electron chi connectivity index (χ2n) is 2.39. The number of amides is 1. The Labute approximate surface area is 69.6 Å². The fourth-order valence-electron chi connectivity index (χ4n) is 0.796. The van der Waals surface area contributed by atoms with Crippen molar-refractivity contribution in [3.05, 3.63) is 0 Å². The topological polar surface area (TPSA) is 70.2 Å². The minimum Gasteiger partial charge on any atom is -0.379 e. The number of nitrogens with zero attached hydrogens (tertiary/aromatic N) is 1. The molecule has 0 aromatic rings. The summed E-state index contributed by atoms with van der Waals surface area (Å²) in [6, 6.07) is 0. The summed E-state index contributed by atoms with van der Waals surface area (Å²) in [5, 5.41) is 6.89. The van der Waals surface area contributed by atoms with Gasteiger partial charge in [-0.15, -0.1) is 0 Å². The van der Waals surface area contributed by atoms with Gasteiger partial charge in [0.15, 0.2) is 5.17 Å². The van der Waals surface area contributed by atoms with Gasteiger partial charge in [0, 0.05) is 13.1 Å². The van der Waals surface area contributed by atoms with E-state index in [-0.39, 0.29) is 11.1 Å². The summed E-state index contributed by atoms with van der Waals surface area (Å²) in [6.07, 6.45) is 1.11. The smallest absolute Gasteiger partial charge is 0.233 e. The first-order valence-electron chi connectivity index (χ1n) is 3.45. The molecule has 11 heavy (non-hydrogen) atoms. The van der Waals surface area contributed by atoms with Gasteiger partial charge in [-0.05, 0) is 6.42 Å². The number of carbonyl (C=O) groups excluding carboxylic acids is 1. The molecule has 1 heterocycles. The maximum absolute atomic E-state index is 11.1. The summed E-state index contributed by atoms with van der Waals surface area (Å²) in [5.41, 5.74) is 5.08. The van der Waals surface area contributed by atoms with Crippen molar-refractivity contribution in [2.24, 2.45) is 5.73 Å². The fourth-order valence-corrected chi connectivity index (χ4v) is 1.26. The molecule has 5 heteroatoms. The molecule has 1 aliphatic heterocycles. The third-order valence-corrected chi connectivity index (χ3v) is 2.26. The van der Waals surface area contributed by atoms with E-state index in [9.17, 15) is 4.79 Å². The molecule has 62 valence electrons. The first-order valence-corrected chi connectivity index (χ1v) is 4.43. The van der Waals surface area contributed by atoms with Crippen molar-refractivity contribution in [3.8, 4) is 0 Å². The zero-order valence-electron chi connectivity index (χ0n) is 6.17. The zero-order valence-corrected chi connectivity index (χ0v) is 6.99. The number of rotatable bonds is 2. The third-order valence-electron chi connectivity index (χ3n) is 1.56. The van der Waals surface area contributed by atoms with Crippen LogP contribution in [-0.2, 0) is 4.79 Å². The van der Waals surface area contributed by atoms with E-state index >= 15 is 0 Å². The van der Waals surface area contributed by atoms with Crippen LogP contribution in [0.3, 0.4) is 0 Å². The summed E-state index contributed by atoms with van der Waals surface area (Å²) in [5.74, 6) is 0.409. The lowest BCUT2D eigenvalue weighted by Crippen LogP contribution is -2.43. The molecule has 1 rings (SSSR count). The molecule has 1 amide bonds. The van der Waals surface area contributed by atoms with E-state index in [4.69, 9.17) is 11.1 Å². The summed E-state index contributed by atoms with van der Waals surface area (Å²) < 4.78 is 0. The molecule has 1 fully saturated rings. The highest BCUT2D eigenvalue weighted by Crippen LogP contribution is 2.09. The second-order valence-corrected chi connectivity index (χ2v) is 3.40. The number of amidine groups is 1. The monoisotopic (exact) mass is 173 g/mol. The van der Waals surface area contributed by atoms with Crippen molar-refractivity contribution in [1.82, 2.24) is 4.90 Å². The molecule has 0 unspecified atom stereocenters. The number of carbonyl (C=O) groups is 1. The maximum Gasteiger partial charge on any atom is 0.233 e. The number of nitrogens with two attached hydrogens (primary N) is 1. The molecule has 0 atom stereocenters. The fraction of sp³-hybridized carbons (Fsp3) is 0.667. The largest absolute Gasteiger partial charge is 0.379 e. The van der Waals surface area contributed by atoms with Gasteiger partial charge in [-0.3, -0.25) is 10.2 Å². The minimum absolute atomic E-state index is 0.0128. The molecule has 0 bridgehead atoms. The van der Waals surface area contributed by atoms with Crippen LogP contribution in [0.1, 0.15) is 6.42 Å². The summed E-state index contributed by atoms with van der Waals surface area (Å²) >= 11 is 1.09. The van der Waals surface area contributed by atoms with Crippen molar-refractivity contribution in [2.75, 3.05) is 18.8 Å². The molecule has 0 radical (unpaired) electrons. The van der Waals surface area contributed by atoms with Gasteiger partial charge in [0.1, 0.15) is 0 Å². The Morgan fingerprint density at radius 2 is 2.27 bits per heavy atom. The molecular formula is C6H11N3OS. The number of likely N-dealkylation sites (tertiary alicyclic amines) is 1. The lowest BCUT2D eigenvalue weighted by Gasteiger charge is -2.30. The Morgan fingerprint density at radius 1 is 1.64 bits per heavy atom. The van der Waals surface area contributed by atoms with Crippen molar-refractivity contribution in [1.29, 1.82) is 5.41 Å². The molecule has 0 aromatic heterocycles. The van der Waals surface area contributed by atoms with Crippen LogP contribution in [0.4, 0.5) is 0 Å². The van der Waals surface area contributed by atoms with E-state index in [0.29, 0.717) is 5.75 Å². The second kappa shape index (κ2) is 3.61. The van der Waals surface area contributed by atoms with Crippen LogP contribution in [0.15, 0.2) is 0 Å². The minimum atomic E-state index is 0.0128. The highest BCUT2D eigenvalue weighted by atomic mass is 32.2. The van der Waals surface area contributed by atoms with Gasteiger partial charge in [-0.1, -0.05) is 11.8 Å². The molecule has 0 aliphatic carbocycles. The average Bonchev–Trinajstić information content (AvgIpc) is 1.79. The predicted octanol–water partition coefficient (Wildman–Crippen LogP) is -0.155. The standard InChI is InChI=1S/C6H11N3OS/c7-6(8)11-4-5(10)9-2-1-3-9/h1-4H2,(H3,7,8). The SMILES string of the molecule is N=C(N)SCC(=O)N1CCC1. The maximum atomic E-state index is 11.1. The van der Waals surface area contributed by atoms with Gasteiger partial charge in [0.25, 0.3) is 0 Å². The molecule has 4 nitrogen and oxygen atoms in total. The Kier molecular flexibility index (Phi) is 2.76. The van der Waals surface area contributed by atoms with Crippen molar-refractivity contribution >= 4 is 22.8 Å². The first-order chi connectivity index (χ1) is 5.20. The number of hydrogen-bond donors (Lipinski definition) is 2. The van der Waals surface area contributed by atoms with Gasteiger partial charge in [-0.2, -0.15) is 0 Å². The van der Waals surface area contributed by atoms with Crippen molar-refractivity contribution in [3.63, 3.8) is 0 Å². The average molecular weight is 173 g/mol. The van der Waals surface area contributed by atoms with Gasteiger partial charge in [0.2, 0.25) is 5.91 Å². The Hall–Kier alpha value is -0.710. The summed E-state index contributed by atoms with van der Waals surface area (Å²) in [4.78, 5) is 12.9. The summed E-state index contributed by atoms with van der Waals surface area (Å²) in [7, 11) is 0. The van der Waals surface area contributed by atoms with Crippen LogP contribution in [0.5, 0.6) is 0 Å². The van der Waals surface area contributed by atoms with E-state index in [2.05, 4.69) is 0 Å². The molecule has 1 aliphatic rings. The van der Waals surface area contributed by atoms with E-state index in [1.165, 1.54) is 0 Å². The molecule has 0 saturated carbocycles. The van der Waals surface area contributed by atoms with E-state index in [0.717, 1.165) is 31.3 Å². The molecular weight excluding hydrogens is 162 g/mol. The van der Waals surface area contributed by atoms with Crippen LogP contribution in [-0.4, -0.2) is 34.8 Å². The highest BCUT2D eigenvalue weighted by Gasteiger charge is 2.19. The predicted molar refractivity (Wildman–Crippen MR) is 45.6 cm³/mol.